The maximum Gasteiger partial charge on any atom is 0.310 e. The van der Waals surface area contributed by atoms with Crippen LogP contribution >= 0.6 is 15.9 Å². The molecule has 4 heteroatoms. The van der Waals surface area contributed by atoms with E-state index in [1.54, 1.807) is 0 Å². The maximum absolute atomic E-state index is 11.5. The number of carboxylic acids is 1. The first-order valence-corrected chi connectivity index (χ1v) is 6.61. The minimum absolute atomic E-state index is 0.602. The van der Waals surface area contributed by atoms with E-state index < -0.39 is 11.4 Å². The maximum atomic E-state index is 11.5. The van der Waals surface area contributed by atoms with Crippen molar-refractivity contribution in [2.24, 2.45) is 5.41 Å². The van der Waals surface area contributed by atoms with Crippen molar-refractivity contribution in [2.75, 3.05) is 13.1 Å². The molecule has 1 aromatic rings. The molecule has 0 saturated carbocycles. The van der Waals surface area contributed by atoms with Crippen LogP contribution in [0.3, 0.4) is 0 Å². The van der Waals surface area contributed by atoms with Crippen LogP contribution in [0.2, 0.25) is 0 Å². The zero-order valence-electron chi connectivity index (χ0n) is 9.58. The van der Waals surface area contributed by atoms with Crippen LogP contribution < -0.4 is 5.32 Å². The lowest BCUT2D eigenvalue weighted by Crippen LogP contribution is -2.43. The standard InChI is InChI=1S/C13H16BrNO2/c14-11-4-2-1-3-10(11)9-13(12(16)17)5-7-15-8-6-13/h1-4,15H,5-9H2,(H,16,17). The highest BCUT2D eigenvalue weighted by Crippen LogP contribution is 2.35. The van der Waals surface area contributed by atoms with Crippen molar-refractivity contribution in [3.63, 3.8) is 0 Å². The van der Waals surface area contributed by atoms with Crippen LogP contribution in [-0.4, -0.2) is 24.2 Å². The van der Waals surface area contributed by atoms with Gasteiger partial charge in [0.15, 0.2) is 0 Å². The SMILES string of the molecule is O=C(O)C1(Cc2ccccc2Br)CCNCC1. The van der Waals surface area contributed by atoms with Gasteiger partial charge in [0.2, 0.25) is 0 Å². The molecular formula is C13H16BrNO2. The molecule has 1 aliphatic heterocycles. The average Bonchev–Trinajstić information content (AvgIpc) is 2.33. The summed E-state index contributed by atoms with van der Waals surface area (Å²) < 4.78 is 0.999. The molecular weight excluding hydrogens is 282 g/mol. The number of carbonyl (C=O) groups is 1. The molecule has 0 radical (unpaired) electrons. The number of hydrogen-bond acceptors (Lipinski definition) is 2. The van der Waals surface area contributed by atoms with E-state index in [0.29, 0.717) is 19.3 Å². The molecule has 1 saturated heterocycles. The van der Waals surface area contributed by atoms with Crippen molar-refractivity contribution in [1.82, 2.24) is 5.32 Å². The molecule has 92 valence electrons. The van der Waals surface area contributed by atoms with E-state index in [9.17, 15) is 9.90 Å². The third-order valence-corrected chi connectivity index (χ3v) is 4.27. The lowest BCUT2D eigenvalue weighted by molar-refractivity contribution is -0.150. The van der Waals surface area contributed by atoms with E-state index in [4.69, 9.17) is 0 Å². The number of rotatable bonds is 3. The Morgan fingerprint density at radius 3 is 2.59 bits per heavy atom. The quantitative estimate of drug-likeness (QED) is 0.901. The second-order valence-corrected chi connectivity index (χ2v) is 5.46. The normalized spacial score (nSPS) is 18.9. The second-order valence-electron chi connectivity index (χ2n) is 4.60. The van der Waals surface area contributed by atoms with Crippen LogP contribution in [0, 0.1) is 5.41 Å². The summed E-state index contributed by atoms with van der Waals surface area (Å²) in [7, 11) is 0. The molecule has 17 heavy (non-hydrogen) atoms. The van der Waals surface area contributed by atoms with E-state index in [1.807, 2.05) is 24.3 Å². The van der Waals surface area contributed by atoms with E-state index in [1.165, 1.54) is 0 Å². The highest BCUT2D eigenvalue weighted by Gasteiger charge is 2.39. The number of carboxylic acid groups (broad SMARTS) is 1. The summed E-state index contributed by atoms with van der Waals surface area (Å²) in [6, 6.07) is 7.86. The summed E-state index contributed by atoms with van der Waals surface area (Å²) in [6.07, 6.45) is 2.00. The predicted octanol–water partition coefficient (Wildman–Crippen LogP) is 2.45. The number of hydrogen-bond donors (Lipinski definition) is 2. The molecule has 0 aromatic heterocycles. The molecule has 0 amide bonds. The van der Waals surface area contributed by atoms with Gasteiger partial charge >= 0.3 is 5.97 Å². The molecule has 1 heterocycles. The van der Waals surface area contributed by atoms with Gasteiger partial charge in [-0.3, -0.25) is 4.79 Å². The highest BCUT2D eigenvalue weighted by atomic mass is 79.9. The number of piperidine rings is 1. The van der Waals surface area contributed by atoms with E-state index in [2.05, 4.69) is 21.2 Å². The van der Waals surface area contributed by atoms with Crippen molar-refractivity contribution in [3.05, 3.63) is 34.3 Å². The molecule has 2 rings (SSSR count). The number of aliphatic carboxylic acids is 1. The first kappa shape index (κ1) is 12.6. The highest BCUT2D eigenvalue weighted by molar-refractivity contribution is 9.10. The minimum Gasteiger partial charge on any atom is -0.481 e. The van der Waals surface area contributed by atoms with E-state index in [0.717, 1.165) is 23.1 Å². The van der Waals surface area contributed by atoms with Gasteiger partial charge in [0, 0.05) is 4.47 Å². The minimum atomic E-state index is -0.672. The molecule has 0 atom stereocenters. The predicted molar refractivity (Wildman–Crippen MR) is 70.0 cm³/mol. The lowest BCUT2D eigenvalue weighted by Gasteiger charge is -2.34. The fourth-order valence-electron chi connectivity index (χ4n) is 2.38. The summed E-state index contributed by atoms with van der Waals surface area (Å²) in [4.78, 5) is 11.5. The Balaban J connectivity index is 2.24. The zero-order chi connectivity index (χ0) is 12.3. The Labute approximate surface area is 109 Å². The van der Waals surface area contributed by atoms with Gasteiger partial charge in [0.25, 0.3) is 0 Å². The molecule has 0 aliphatic carbocycles. The molecule has 1 aliphatic rings. The Morgan fingerprint density at radius 1 is 1.35 bits per heavy atom. The number of halogens is 1. The topological polar surface area (TPSA) is 49.3 Å². The van der Waals surface area contributed by atoms with Gasteiger partial charge < -0.3 is 10.4 Å². The van der Waals surface area contributed by atoms with Gasteiger partial charge in [-0.25, -0.2) is 0 Å². The van der Waals surface area contributed by atoms with Gasteiger partial charge in [-0.1, -0.05) is 34.1 Å². The molecule has 2 N–H and O–H groups in total. The molecule has 0 spiro atoms. The first-order chi connectivity index (χ1) is 8.14. The monoisotopic (exact) mass is 297 g/mol. The number of benzene rings is 1. The summed E-state index contributed by atoms with van der Waals surface area (Å²) in [6.45, 7) is 1.58. The van der Waals surface area contributed by atoms with Crippen molar-refractivity contribution >= 4 is 21.9 Å². The van der Waals surface area contributed by atoms with E-state index in [-0.39, 0.29) is 0 Å². The Kier molecular flexibility index (Phi) is 3.84. The van der Waals surface area contributed by atoms with Crippen LogP contribution in [0.15, 0.2) is 28.7 Å². The largest absolute Gasteiger partial charge is 0.481 e. The van der Waals surface area contributed by atoms with Gasteiger partial charge in [-0.15, -0.1) is 0 Å². The Bertz CT molecular complexity index is 414. The van der Waals surface area contributed by atoms with Gasteiger partial charge in [-0.2, -0.15) is 0 Å². The molecule has 1 fully saturated rings. The summed E-state index contributed by atoms with van der Waals surface area (Å²) in [5.74, 6) is -0.672. The molecule has 0 bridgehead atoms. The third-order valence-electron chi connectivity index (χ3n) is 3.50. The van der Waals surface area contributed by atoms with Crippen LogP contribution in [0.25, 0.3) is 0 Å². The van der Waals surface area contributed by atoms with Crippen LogP contribution in [-0.2, 0) is 11.2 Å². The van der Waals surface area contributed by atoms with Crippen molar-refractivity contribution in [2.45, 2.75) is 19.3 Å². The molecule has 0 unspecified atom stereocenters. The van der Waals surface area contributed by atoms with Gasteiger partial charge in [0.1, 0.15) is 0 Å². The van der Waals surface area contributed by atoms with Crippen molar-refractivity contribution < 1.29 is 9.90 Å². The lowest BCUT2D eigenvalue weighted by atomic mass is 9.74. The van der Waals surface area contributed by atoms with Crippen LogP contribution in [0.5, 0.6) is 0 Å². The summed E-state index contributed by atoms with van der Waals surface area (Å²) in [5, 5.41) is 12.7. The molecule has 3 nitrogen and oxygen atoms in total. The summed E-state index contributed by atoms with van der Waals surface area (Å²) >= 11 is 3.49. The van der Waals surface area contributed by atoms with Crippen molar-refractivity contribution in [1.29, 1.82) is 0 Å². The van der Waals surface area contributed by atoms with Crippen LogP contribution in [0.4, 0.5) is 0 Å². The first-order valence-electron chi connectivity index (χ1n) is 5.82. The third kappa shape index (κ3) is 2.69. The second kappa shape index (κ2) is 5.19. The zero-order valence-corrected chi connectivity index (χ0v) is 11.2. The van der Waals surface area contributed by atoms with Gasteiger partial charge in [0.05, 0.1) is 5.41 Å². The Hall–Kier alpha value is -0.870. The fourth-order valence-corrected chi connectivity index (χ4v) is 2.80. The van der Waals surface area contributed by atoms with Crippen LogP contribution in [0.1, 0.15) is 18.4 Å². The van der Waals surface area contributed by atoms with Gasteiger partial charge in [-0.05, 0) is 44.0 Å². The smallest absolute Gasteiger partial charge is 0.310 e. The summed E-state index contributed by atoms with van der Waals surface area (Å²) in [5.41, 5.74) is 0.478. The Morgan fingerprint density at radius 2 is 2.00 bits per heavy atom. The fraction of sp³-hybridized carbons (Fsp3) is 0.462. The van der Waals surface area contributed by atoms with Crippen molar-refractivity contribution in [3.8, 4) is 0 Å². The average molecular weight is 298 g/mol. The number of nitrogens with one attached hydrogen (secondary N) is 1. The van der Waals surface area contributed by atoms with E-state index >= 15 is 0 Å². The molecule has 1 aromatic carbocycles.